The average Bonchev–Trinajstić information content (AvgIpc) is 3.81. The van der Waals surface area contributed by atoms with Crippen LogP contribution in [0.1, 0.15) is 0 Å². The van der Waals surface area contributed by atoms with Gasteiger partial charge in [-0.15, -0.1) is 0 Å². The first-order valence-electron chi connectivity index (χ1n) is 20.0. The highest BCUT2D eigenvalue weighted by molar-refractivity contribution is 6.22. The monoisotopic (exact) mass is 736 g/mol. The fraction of sp³-hybridized carbons (Fsp3) is 0. The lowest BCUT2D eigenvalue weighted by molar-refractivity contribution is 1.18. The lowest BCUT2D eigenvalue weighted by Gasteiger charge is -2.20. The second-order valence-corrected chi connectivity index (χ2v) is 15.2. The van der Waals surface area contributed by atoms with E-state index >= 15 is 0 Å². The second kappa shape index (κ2) is 12.9. The fourth-order valence-corrected chi connectivity index (χ4v) is 9.63. The van der Waals surface area contributed by atoms with Crippen LogP contribution in [0.3, 0.4) is 0 Å². The minimum Gasteiger partial charge on any atom is -0.309 e. The molecule has 2 heteroatoms. The smallest absolute Gasteiger partial charge is 0.0541 e. The SMILES string of the molecule is c1ccc(-c2c3ccccc3c(-c3ccccc3-n3c4ccccc4c4cc(-c5ccc6c(c5)c5ccccc5n6-c5ccccc5)ccc43)c3ccccc23)cc1. The average molecular weight is 737 g/mol. The Bertz CT molecular complexity index is 3490. The van der Waals surface area contributed by atoms with Gasteiger partial charge in [-0.1, -0.05) is 164 Å². The highest BCUT2D eigenvalue weighted by atomic mass is 15.0. The molecule has 12 rings (SSSR count). The van der Waals surface area contributed by atoms with E-state index in [1.165, 1.54) is 110 Å². The highest BCUT2D eigenvalue weighted by Crippen LogP contribution is 2.46. The van der Waals surface area contributed by atoms with Crippen LogP contribution in [-0.4, -0.2) is 9.13 Å². The Morgan fingerprint density at radius 1 is 0.241 bits per heavy atom. The molecule has 0 fully saturated rings. The van der Waals surface area contributed by atoms with Crippen LogP contribution in [0.2, 0.25) is 0 Å². The van der Waals surface area contributed by atoms with Crippen molar-refractivity contribution in [3.8, 4) is 44.8 Å². The summed E-state index contributed by atoms with van der Waals surface area (Å²) in [5, 5.41) is 10.0. The van der Waals surface area contributed by atoms with E-state index in [9.17, 15) is 0 Å². The number of fused-ring (bicyclic) bond motifs is 8. The van der Waals surface area contributed by atoms with Crippen molar-refractivity contribution in [2.45, 2.75) is 0 Å². The van der Waals surface area contributed by atoms with Crippen molar-refractivity contribution in [1.82, 2.24) is 9.13 Å². The first kappa shape index (κ1) is 32.6. The van der Waals surface area contributed by atoms with Gasteiger partial charge in [-0.25, -0.2) is 0 Å². The van der Waals surface area contributed by atoms with Crippen molar-refractivity contribution in [1.29, 1.82) is 0 Å². The molecule has 0 unspecified atom stereocenters. The minimum atomic E-state index is 1.17. The molecule has 270 valence electrons. The number of hydrogen-bond acceptors (Lipinski definition) is 0. The van der Waals surface area contributed by atoms with Crippen LogP contribution in [0.25, 0.3) is 110 Å². The normalized spacial score (nSPS) is 11.8. The Kier molecular flexibility index (Phi) is 7.26. The molecule has 0 spiro atoms. The molecular formula is C56H36N2. The van der Waals surface area contributed by atoms with Gasteiger partial charge in [0, 0.05) is 32.8 Å². The number of aromatic nitrogens is 2. The summed E-state index contributed by atoms with van der Waals surface area (Å²) in [6, 6.07) is 79.9. The largest absolute Gasteiger partial charge is 0.309 e. The van der Waals surface area contributed by atoms with E-state index in [1.54, 1.807) is 0 Å². The molecule has 2 aromatic heterocycles. The second-order valence-electron chi connectivity index (χ2n) is 15.2. The van der Waals surface area contributed by atoms with Crippen molar-refractivity contribution in [2.24, 2.45) is 0 Å². The summed E-state index contributed by atoms with van der Waals surface area (Å²) in [4.78, 5) is 0. The van der Waals surface area contributed by atoms with Crippen molar-refractivity contribution in [3.05, 3.63) is 218 Å². The molecule has 10 aromatic carbocycles. The summed E-state index contributed by atoms with van der Waals surface area (Å²) in [5.41, 5.74) is 14.5. The van der Waals surface area contributed by atoms with Gasteiger partial charge in [0.1, 0.15) is 0 Å². The highest BCUT2D eigenvalue weighted by Gasteiger charge is 2.21. The van der Waals surface area contributed by atoms with Crippen LogP contribution in [0.15, 0.2) is 218 Å². The topological polar surface area (TPSA) is 9.86 Å². The first-order valence-corrected chi connectivity index (χ1v) is 20.0. The maximum Gasteiger partial charge on any atom is 0.0541 e. The summed E-state index contributed by atoms with van der Waals surface area (Å²) < 4.78 is 4.86. The molecule has 0 N–H and O–H groups in total. The summed E-state index contributed by atoms with van der Waals surface area (Å²) >= 11 is 0. The molecule has 58 heavy (non-hydrogen) atoms. The lowest BCUT2D eigenvalue weighted by Crippen LogP contribution is -1.98. The molecule has 0 aliphatic carbocycles. The Morgan fingerprint density at radius 2 is 0.655 bits per heavy atom. The van der Waals surface area contributed by atoms with Gasteiger partial charge in [-0.3, -0.25) is 0 Å². The maximum atomic E-state index is 2.48. The van der Waals surface area contributed by atoms with Crippen LogP contribution in [0.4, 0.5) is 0 Å². The lowest BCUT2D eigenvalue weighted by atomic mass is 9.85. The van der Waals surface area contributed by atoms with Crippen LogP contribution >= 0.6 is 0 Å². The number of nitrogens with zero attached hydrogens (tertiary/aromatic N) is 2. The third kappa shape index (κ3) is 4.85. The fourth-order valence-electron chi connectivity index (χ4n) is 9.63. The third-order valence-corrected chi connectivity index (χ3v) is 12.1. The zero-order chi connectivity index (χ0) is 38.2. The van der Waals surface area contributed by atoms with E-state index in [0.29, 0.717) is 0 Å². The quantitative estimate of drug-likeness (QED) is 0.156. The van der Waals surface area contributed by atoms with Crippen LogP contribution in [0, 0.1) is 0 Å². The Morgan fingerprint density at radius 3 is 1.24 bits per heavy atom. The number of rotatable bonds is 5. The van der Waals surface area contributed by atoms with Gasteiger partial charge >= 0.3 is 0 Å². The molecule has 0 bridgehead atoms. The van der Waals surface area contributed by atoms with E-state index in [0.717, 1.165) is 0 Å². The van der Waals surface area contributed by atoms with Crippen molar-refractivity contribution < 1.29 is 0 Å². The first-order chi connectivity index (χ1) is 28.8. The molecule has 0 saturated heterocycles. The molecule has 0 aliphatic heterocycles. The number of benzene rings is 10. The van der Waals surface area contributed by atoms with Crippen LogP contribution in [-0.2, 0) is 0 Å². The molecular weight excluding hydrogens is 701 g/mol. The molecule has 2 heterocycles. The van der Waals surface area contributed by atoms with Gasteiger partial charge in [-0.2, -0.15) is 0 Å². The number of hydrogen-bond donors (Lipinski definition) is 0. The van der Waals surface area contributed by atoms with Gasteiger partial charge < -0.3 is 9.13 Å². The molecule has 0 atom stereocenters. The van der Waals surface area contributed by atoms with E-state index in [1.807, 2.05) is 0 Å². The standard InChI is InChI=1S/C56H36N2/c1-3-17-37(18-4-1)55-43-23-7-9-25-45(43)56(46-26-10-8-24-44(46)55)47-27-13-16-30-52(47)58-51-29-15-12-22-42(51)49-36-39(32-34-54(49)58)38-31-33-53-48(35-38)41-21-11-14-28-50(41)57(53)40-19-5-2-6-20-40/h1-36H. The van der Waals surface area contributed by atoms with Gasteiger partial charge in [-0.05, 0) is 104 Å². The van der Waals surface area contributed by atoms with Crippen LogP contribution in [0.5, 0.6) is 0 Å². The number of para-hydroxylation sites is 4. The Labute approximate surface area is 336 Å². The summed E-state index contributed by atoms with van der Waals surface area (Å²) in [6.07, 6.45) is 0. The molecule has 2 nitrogen and oxygen atoms in total. The zero-order valence-electron chi connectivity index (χ0n) is 31.7. The van der Waals surface area contributed by atoms with Crippen molar-refractivity contribution in [3.63, 3.8) is 0 Å². The molecule has 0 amide bonds. The minimum absolute atomic E-state index is 1.17. The van der Waals surface area contributed by atoms with Gasteiger partial charge in [0.25, 0.3) is 0 Å². The van der Waals surface area contributed by atoms with E-state index in [-0.39, 0.29) is 0 Å². The predicted octanol–water partition coefficient (Wildman–Crippen LogP) is 15.2. The van der Waals surface area contributed by atoms with Crippen LogP contribution < -0.4 is 0 Å². The molecule has 0 saturated carbocycles. The van der Waals surface area contributed by atoms with E-state index in [4.69, 9.17) is 0 Å². The van der Waals surface area contributed by atoms with E-state index < -0.39 is 0 Å². The van der Waals surface area contributed by atoms with E-state index in [2.05, 4.69) is 228 Å². The summed E-state index contributed by atoms with van der Waals surface area (Å²) in [5.74, 6) is 0. The van der Waals surface area contributed by atoms with Crippen molar-refractivity contribution in [2.75, 3.05) is 0 Å². The van der Waals surface area contributed by atoms with Gasteiger partial charge in [0.05, 0.1) is 27.8 Å². The van der Waals surface area contributed by atoms with Crippen molar-refractivity contribution >= 4 is 65.2 Å². The van der Waals surface area contributed by atoms with Gasteiger partial charge in [0.15, 0.2) is 0 Å². The molecule has 12 aromatic rings. The molecule has 0 aliphatic rings. The summed E-state index contributed by atoms with van der Waals surface area (Å²) in [6.45, 7) is 0. The summed E-state index contributed by atoms with van der Waals surface area (Å²) in [7, 11) is 0. The Hall–Kier alpha value is -7.68. The zero-order valence-corrected chi connectivity index (χ0v) is 31.7. The Balaban J connectivity index is 1.08. The maximum absolute atomic E-state index is 2.48. The third-order valence-electron chi connectivity index (χ3n) is 12.1. The predicted molar refractivity (Wildman–Crippen MR) is 246 cm³/mol. The molecule has 0 radical (unpaired) electrons. The van der Waals surface area contributed by atoms with Gasteiger partial charge in [0.2, 0.25) is 0 Å².